The Hall–Kier alpha value is -2.36. The molecular formula is C13H10FNO2. The zero-order chi connectivity index (χ0) is 12.1. The lowest BCUT2D eigenvalue weighted by Gasteiger charge is -2.10. The topological polar surface area (TPSA) is 38.3 Å². The van der Waals surface area contributed by atoms with Gasteiger partial charge in [-0.25, -0.2) is 4.39 Å². The molecule has 2 rings (SSSR count). The molecule has 2 aromatic rings. The van der Waals surface area contributed by atoms with E-state index in [0.717, 1.165) is 0 Å². The van der Waals surface area contributed by atoms with Gasteiger partial charge in [-0.1, -0.05) is 24.3 Å². The van der Waals surface area contributed by atoms with Crippen LogP contribution < -0.4 is 10.1 Å². The maximum Gasteiger partial charge on any atom is 0.211 e. The maximum absolute atomic E-state index is 13.4. The summed E-state index contributed by atoms with van der Waals surface area (Å²) in [5.41, 5.74) is 0.491. The van der Waals surface area contributed by atoms with Gasteiger partial charge in [0, 0.05) is 0 Å². The normalized spacial score (nSPS) is 9.71. The van der Waals surface area contributed by atoms with Crippen molar-refractivity contribution in [3.05, 3.63) is 54.3 Å². The standard InChI is InChI=1S/C13H10FNO2/c14-10-5-1-3-7-12(10)17-13-8-4-2-6-11(13)15-9-16/h1-9H,(H,15,16). The quantitative estimate of drug-likeness (QED) is 0.820. The molecule has 0 atom stereocenters. The molecule has 0 aliphatic rings. The van der Waals surface area contributed by atoms with Gasteiger partial charge in [0.1, 0.15) is 0 Å². The maximum atomic E-state index is 13.4. The number of carbonyl (C=O) groups excluding carboxylic acids is 1. The van der Waals surface area contributed by atoms with E-state index in [2.05, 4.69) is 5.32 Å². The van der Waals surface area contributed by atoms with Crippen LogP contribution >= 0.6 is 0 Å². The average molecular weight is 231 g/mol. The number of halogens is 1. The molecule has 4 heteroatoms. The van der Waals surface area contributed by atoms with Crippen molar-refractivity contribution in [1.29, 1.82) is 0 Å². The molecule has 0 aliphatic heterocycles. The molecular weight excluding hydrogens is 221 g/mol. The van der Waals surface area contributed by atoms with E-state index in [1.165, 1.54) is 12.1 Å². The SMILES string of the molecule is O=CNc1ccccc1Oc1ccccc1F. The smallest absolute Gasteiger partial charge is 0.211 e. The van der Waals surface area contributed by atoms with Crippen molar-refractivity contribution < 1.29 is 13.9 Å². The summed E-state index contributed by atoms with van der Waals surface area (Å²) in [6.07, 6.45) is 0.545. The summed E-state index contributed by atoms with van der Waals surface area (Å²) < 4.78 is 18.8. The highest BCUT2D eigenvalue weighted by Crippen LogP contribution is 2.30. The van der Waals surface area contributed by atoms with Gasteiger partial charge in [0.05, 0.1) is 5.69 Å². The molecule has 3 nitrogen and oxygen atoms in total. The van der Waals surface area contributed by atoms with E-state index in [1.807, 2.05) is 0 Å². The number of hydrogen-bond acceptors (Lipinski definition) is 2. The summed E-state index contributed by atoms with van der Waals surface area (Å²) in [5, 5.41) is 2.49. The van der Waals surface area contributed by atoms with Crippen molar-refractivity contribution >= 4 is 12.1 Å². The van der Waals surface area contributed by atoms with E-state index in [9.17, 15) is 9.18 Å². The number of nitrogens with one attached hydrogen (secondary N) is 1. The number of carbonyl (C=O) groups is 1. The summed E-state index contributed by atoms with van der Waals surface area (Å²) >= 11 is 0. The molecule has 0 radical (unpaired) electrons. The summed E-state index contributed by atoms with van der Waals surface area (Å²) in [5.74, 6) is 0.0609. The molecule has 0 saturated heterocycles. The second-order valence-electron chi connectivity index (χ2n) is 3.29. The van der Waals surface area contributed by atoms with Crippen molar-refractivity contribution in [1.82, 2.24) is 0 Å². The van der Waals surface area contributed by atoms with Crippen molar-refractivity contribution in [2.24, 2.45) is 0 Å². The number of amides is 1. The Kier molecular flexibility index (Phi) is 3.35. The first-order valence-corrected chi connectivity index (χ1v) is 5.03. The highest BCUT2D eigenvalue weighted by molar-refractivity contribution is 5.75. The van der Waals surface area contributed by atoms with Crippen molar-refractivity contribution in [2.45, 2.75) is 0 Å². The molecule has 1 amide bonds. The minimum absolute atomic E-state index is 0.118. The molecule has 0 aliphatic carbocycles. The van der Waals surface area contributed by atoms with Crippen LogP contribution in [0.4, 0.5) is 10.1 Å². The minimum atomic E-state index is -0.451. The largest absolute Gasteiger partial charge is 0.452 e. The van der Waals surface area contributed by atoms with E-state index in [0.29, 0.717) is 17.8 Å². The number of rotatable bonds is 4. The predicted molar refractivity (Wildman–Crippen MR) is 62.6 cm³/mol. The van der Waals surface area contributed by atoms with Gasteiger partial charge in [-0.05, 0) is 24.3 Å². The molecule has 17 heavy (non-hydrogen) atoms. The van der Waals surface area contributed by atoms with Crippen molar-refractivity contribution in [3.63, 3.8) is 0 Å². The Morgan fingerprint density at radius 1 is 1.00 bits per heavy atom. The van der Waals surface area contributed by atoms with Gasteiger partial charge in [-0.3, -0.25) is 4.79 Å². The molecule has 2 aromatic carbocycles. The Balaban J connectivity index is 2.30. The van der Waals surface area contributed by atoms with Gasteiger partial charge in [0.15, 0.2) is 17.3 Å². The van der Waals surface area contributed by atoms with Crippen molar-refractivity contribution in [3.8, 4) is 11.5 Å². The lowest BCUT2D eigenvalue weighted by Crippen LogP contribution is -1.97. The van der Waals surface area contributed by atoms with Crippen LogP contribution in [0.2, 0.25) is 0 Å². The van der Waals surface area contributed by atoms with E-state index in [1.54, 1.807) is 36.4 Å². The van der Waals surface area contributed by atoms with Gasteiger partial charge in [0.25, 0.3) is 0 Å². The Bertz CT molecular complexity index is 528. The molecule has 0 bridgehead atoms. The highest BCUT2D eigenvalue weighted by atomic mass is 19.1. The van der Waals surface area contributed by atoms with Crippen LogP contribution in [0.3, 0.4) is 0 Å². The van der Waals surface area contributed by atoms with Gasteiger partial charge in [-0.2, -0.15) is 0 Å². The summed E-state index contributed by atoms with van der Waals surface area (Å²) in [6, 6.07) is 12.9. The monoisotopic (exact) mass is 231 g/mol. The van der Waals surface area contributed by atoms with E-state index in [-0.39, 0.29) is 5.75 Å². The summed E-state index contributed by atoms with van der Waals surface area (Å²) in [4.78, 5) is 10.4. The number of para-hydroxylation sites is 3. The van der Waals surface area contributed by atoms with Crippen LogP contribution in [0.15, 0.2) is 48.5 Å². The average Bonchev–Trinajstić information content (AvgIpc) is 2.35. The minimum Gasteiger partial charge on any atom is -0.452 e. The van der Waals surface area contributed by atoms with E-state index in [4.69, 9.17) is 4.74 Å². The van der Waals surface area contributed by atoms with Crippen LogP contribution in [0, 0.1) is 5.82 Å². The number of anilines is 1. The fraction of sp³-hybridized carbons (Fsp3) is 0. The molecule has 0 heterocycles. The van der Waals surface area contributed by atoms with Gasteiger partial charge in [0.2, 0.25) is 6.41 Å². The number of ether oxygens (including phenoxy) is 1. The highest BCUT2D eigenvalue weighted by Gasteiger charge is 2.06. The van der Waals surface area contributed by atoms with E-state index < -0.39 is 5.82 Å². The first-order valence-electron chi connectivity index (χ1n) is 5.03. The predicted octanol–water partition coefficient (Wildman–Crippen LogP) is 3.19. The number of hydrogen-bond donors (Lipinski definition) is 1. The first-order chi connectivity index (χ1) is 8.31. The molecule has 0 saturated carbocycles. The van der Waals surface area contributed by atoms with Crippen LogP contribution in [0.5, 0.6) is 11.5 Å². The Morgan fingerprint density at radius 2 is 1.65 bits per heavy atom. The first kappa shape index (κ1) is 11.1. The van der Waals surface area contributed by atoms with Crippen LogP contribution in [-0.4, -0.2) is 6.41 Å². The number of benzene rings is 2. The molecule has 0 fully saturated rings. The zero-order valence-electron chi connectivity index (χ0n) is 8.89. The third kappa shape index (κ3) is 2.60. The zero-order valence-corrected chi connectivity index (χ0v) is 8.89. The summed E-state index contributed by atoms with van der Waals surface area (Å²) in [7, 11) is 0. The molecule has 1 N–H and O–H groups in total. The Labute approximate surface area is 97.8 Å². The Morgan fingerprint density at radius 3 is 2.35 bits per heavy atom. The molecule has 86 valence electrons. The molecule has 0 unspecified atom stereocenters. The third-order valence-electron chi connectivity index (χ3n) is 2.16. The molecule has 0 aromatic heterocycles. The van der Waals surface area contributed by atoms with Gasteiger partial charge < -0.3 is 10.1 Å². The van der Waals surface area contributed by atoms with Crippen molar-refractivity contribution in [2.75, 3.05) is 5.32 Å². The second kappa shape index (κ2) is 5.12. The van der Waals surface area contributed by atoms with Gasteiger partial charge in [-0.15, -0.1) is 0 Å². The van der Waals surface area contributed by atoms with E-state index >= 15 is 0 Å². The fourth-order valence-electron chi connectivity index (χ4n) is 1.38. The third-order valence-corrected chi connectivity index (χ3v) is 2.16. The van der Waals surface area contributed by atoms with Crippen LogP contribution in [0.1, 0.15) is 0 Å². The van der Waals surface area contributed by atoms with Crippen LogP contribution in [-0.2, 0) is 4.79 Å². The molecule has 0 spiro atoms. The summed E-state index contributed by atoms with van der Waals surface area (Å²) in [6.45, 7) is 0. The van der Waals surface area contributed by atoms with Crippen LogP contribution in [0.25, 0.3) is 0 Å². The van der Waals surface area contributed by atoms with Gasteiger partial charge >= 0.3 is 0 Å². The second-order valence-corrected chi connectivity index (χ2v) is 3.29. The fourth-order valence-corrected chi connectivity index (χ4v) is 1.38. The lowest BCUT2D eigenvalue weighted by molar-refractivity contribution is -0.105. The lowest BCUT2D eigenvalue weighted by atomic mass is 10.3.